The van der Waals surface area contributed by atoms with E-state index in [2.05, 4.69) is 10.1 Å². The van der Waals surface area contributed by atoms with Crippen molar-refractivity contribution in [1.82, 2.24) is 19.7 Å². The van der Waals surface area contributed by atoms with Crippen LogP contribution in [0.3, 0.4) is 0 Å². The van der Waals surface area contributed by atoms with Crippen LogP contribution in [-0.4, -0.2) is 55.3 Å². The number of aromatic nitrogens is 3. The predicted molar refractivity (Wildman–Crippen MR) is 88.0 cm³/mol. The molecule has 0 unspecified atom stereocenters. The fourth-order valence-electron chi connectivity index (χ4n) is 2.86. The SMILES string of the molecule is Cc1ccc(OC2(C(=O)O)CCN(C(=O)Cn3cncn3)CC2)cc1. The summed E-state index contributed by atoms with van der Waals surface area (Å²) in [7, 11) is 0. The molecule has 1 saturated heterocycles. The standard InChI is InChI=1S/C17H20N4O4/c1-13-2-4-14(5-3-13)25-17(16(23)24)6-8-20(9-7-17)15(22)10-21-12-18-11-19-21/h2-5,11-12H,6-10H2,1H3,(H,23,24). The molecular weight excluding hydrogens is 324 g/mol. The van der Waals surface area contributed by atoms with Crippen molar-refractivity contribution in [3.63, 3.8) is 0 Å². The first-order valence-electron chi connectivity index (χ1n) is 8.08. The van der Waals surface area contributed by atoms with Gasteiger partial charge in [0.15, 0.2) is 0 Å². The third-order valence-electron chi connectivity index (χ3n) is 4.41. The van der Waals surface area contributed by atoms with Crippen LogP contribution in [0, 0.1) is 6.92 Å². The van der Waals surface area contributed by atoms with Crippen LogP contribution in [0.25, 0.3) is 0 Å². The molecule has 2 heterocycles. The molecule has 3 rings (SSSR count). The first kappa shape index (κ1) is 16.9. The lowest BCUT2D eigenvalue weighted by Crippen LogP contribution is -2.54. The van der Waals surface area contributed by atoms with Crippen LogP contribution in [-0.2, 0) is 16.1 Å². The average molecular weight is 344 g/mol. The second-order valence-electron chi connectivity index (χ2n) is 6.19. The van der Waals surface area contributed by atoms with Crippen LogP contribution >= 0.6 is 0 Å². The first-order valence-corrected chi connectivity index (χ1v) is 8.08. The quantitative estimate of drug-likeness (QED) is 0.873. The molecule has 1 aliphatic heterocycles. The smallest absolute Gasteiger partial charge is 0.348 e. The summed E-state index contributed by atoms with van der Waals surface area (Å²) < 4.78 is 7.28. The highest BCUT2D eigenvalue weighted by atomic mass is 16.5. The van der Waals surface area contributed by atoms with Gasteiger partial charge < -0.3 is 14.7 Å². The van der Waals surface area contributed by atoms with E-state index >= 15 is 0 Å². The second-order valence-corrected chi connectivity index (χ2v) is 6.19. The zero-order valence-corrected chi connectivity index (χ0v) is 14.0. The summed E-state index contributed by atoms with van der Waals surface area (Å²) in [6, 6.07) is 7.29. The van der Waals surface area contributed by atoms with Crippen molar-refractivity contribution in [3.05, 3.63) is 42.5 Å². The van der Waals surface area contributed by atoms with Gasteiger partial charge in [-0.2, -0.15) is 5.10 Å². The summed E-state index contributed by atoms with van der Waals surface area (Å²) in [5.74, 6) is -0.591. The molecule has 132 valence electrons. The summed E-state index contributed by atoms with van der Waals surface area (Å²) in [4.78, 5) is 29.6. The fraction of sp³-hybridized carbons (Fsp3) is 0.412. The van der Waals surface area contributed by atoms with Crippen molar-refractivity contribution in [2.75, 3.05) is 13.1 Å². The third kappa shape index (κ3) is 3.78. The van der Waals surface area contributed by atoms with Crippen LogP contribution in [0.5, 0.6) is 5.75 Å². The van der Waals surface area contributed by atoms with Gasteiger partial charge in [0.2, 0.25) is 11.5 Å². The Kier molecular flexibility index (Phi) is 4.69. The molecule has 8 heteroatoms. The molecular formula is C17H20N4O4. The highest BCUT2D eigenvalue weighted by molar-refractivity contribution is 5.80. The predicted octanol–water partition coefficient (Wildman–Crippen LogP) is 1.11. The molecule has 1 aromatic heterocycles. The Labute approximate surface area is 145 Å². The highest BCUT2D eigenvalue weighted by Crippen LogP contribution is 2.29. The first-order chi connectivity index (χ1) is 12.0. The van der Waals surface area contributed by atoms with E-state index in [1.165, 1.54) is 17.3 Å². The van der Waals surface area contributed by atoms with E-state index in [-0.39, 0.29) is 25.3 Å². The number of hydrogen-bond donors (Lipinski definition) is 1. The number of likely N-dealkylation sites (tertiary alicyclic amines) is 1. The number of carbonyl (C=O) groups excluding carboxylic acids is 1. The molecule has 0 radical (unpaired) electrons. The van der Waals surface area contributed by atoms with Crippen molar-refractivity contribution in [2.45, 2.75) is 31.9 Å². The van der Waals surface area contributed by atoms with Crippen LogP contribution in [0.1, 0.15) is 18.4 Å². The molecule has 25 heavy (non-hydrogen) atoms. The number of amides is 1. The van der Waals surface area contributed by atoms with Crippen LogP contribution < -0.4 is 4.74 Å². The average Bonchev–Trinajstić information content (AvgIpc) is 3.10. The number of carbonyl (C=O) groups is 2. The third-order valence-corrected chi connectivity index (χ3v) is 4.41. The number of ether oxygens (including phenoxy) is 1. The van der Waals surface area contributed by atoms with Gasteiger partial charge >= 0.3 is 5.97 Å². The number of carboxylic acid groups (broad SMARTS) is 1. The summed E-state index contributed by atoms with van der Waals surface area (Å²) in [6.07, 6.45) is 3.32. The van der Waals surface area contributed by atoms with Gasteiger partial charge in [-0.15, -0.1) is 0 Å². The van der Waals surface area contributed by atoms with Crippen molar-refractivity contribution < 1.29 is 19.4 Å². The molecule has 0 atom stereocenters. The molecule has 1 aromatic carbocycles. The number of piperidine rings is 1. The van der Waals surface area contributed by atoms with Gasteiger partial charge in [-0.25, -0.2) is 14.5 Å². The van der Waals surface area contributed by atoms with E-state index in [1.807, 2.05) is 19.1 Å². The Hall–Kier alpha value is -2.90. The van der Waals surface area contributed by atoms with Crippen molar-refractivity contribution in [3.8, 4) is 5.75 Å². The van der Waals surface area contributed by atoms with Crippen molar-refractivity contribution in [2.24, 2.45) is 0 Å². The van der Waals surface area contributed by atoms with Gasteiger partial charge in [0.25, 0.3) is 0 Å². The number of hydrogen-bond acceptors (Lipinski definition) is 5. The molecule has 0 saturated carbocycles. The second kappa shape index (κ2) is 6.92. The van der Waals surface area contributed by atoms with E-state index in [0.29, 0.717) is 18.8 Å². The largest absolute Gasteiger partial charge is 0.478 e. The van der Waals surface area contributed by atoms with Crippen molar-refractivity contribution >= 4 is 11.9 Å². The number of rotatable bonds is 5. The van der Waals surface area contributed by atoms with Crippen LogP contribution in [0.4, 0.5) is 0 Å². The molecule has 1 N–H and O–H groups in total. The Morgan fingerprint density at radius 2 is 1.92 bits per heavy atom. The lowest BCUT2D eigenvalue weighted by Gasteiger charge is -2.38. The summed E-state index contributed by atoms with van der Waals surface area (Å²) in [5.41, 5.74) is -0.232. The zero-order chi connectivity index (χ0) is 17.9. The van der Waals surface area contributed by atoms with E-state index in [9.17, 15) is 14.7 Å². The molecule has 1 fully saturated rings. The van der Waals surface area contributed by atoms with E-state index in [0.717, 1.165) is 5.56 Å². The van der Waals surface area contributed by atoms with Crippen molar-refractivity contribution in [1.29, 1.82) is 0 Å². The van der Waals surface area contributed by atoms with Crippen LogP contribution in [0.2, 0.25) is 0 Å². The number of aryl methyl sites for hydroxylation is 1. The minimum absolute atomic E-state index is 0.0961. The summed E-state index contributed by atoms with van der Waals surface area (Å²) >= 11 is 0. The Morgan fingerprint density at radius 3 is 2.48 bits per heavy atom. The van der Waals surface area contributed by atoms with Gasteiger partial charge in [0, 0.05) is 25.9 Å². The van der Waals surface area contributed by atoms with Gasteiger partial charge in [0.05, 0.1) is 0 Å². The highest BCUT2D eigenvalue weighted by Gasteiger charge is 2.44. The zero-order valence-electron chi connectivity index (χ0n) is 14.0. The molecule has 0 spiro atoms. The number of nitrogens with zero attached hydrogens (tertiary/aromatic N) is 4. The Morgan fingerprint density at radius 1 is 1.24 bits per heavy atom. The maximum Gasteiger partial charge on any atom is 0.348 e. The van der Waals surface area contributed by atoms with E-state index < -0.39 is 11.6 Å². The topological polar surface area (TPSA) is 97.6 Å². The minimum atomic E-state index is -1.31. The molecule has 8 nitrogen and oxygen atoms in total. The van der Waals surface area contributed by atoms with E-state index in [4.69, 9.17) is 4.74 Å². The van der Waals surface area contributed by atoms with Gasteiger partial charge in [-0.3, -0.25) is 4.79 Å². The minimum Gasteiger partial charge on any atom is -0.478 e. The Balaban J connectivity index is 1.65. The monoisotopic (exact) mass is 344 g/mol. The molecule has 1 amide bonds. The molecule has 1 aliphatic rings. The maximum absolute atomic E-state index is 12.3. The fourth-order valence-corrected chi connectivity index (χ4v) is 2.86. The Bertz CT molecular complexity index is 735. The van der Waals surface area contributed by atoms with E-state index in [1.54, 1.807) is 17.0 Å². The molecule has 0 aliphatic carbocycles. The normalized spacial score (nSPS) is 16.4. The number of benzene rings is 1. The number of carboxylic acids is 1. The van der Waals surface area contributed by atoms with Gasteiger partial charge in [-0.05, 0) is 19.1 Å². The van der Waals surface area contributed by atoms with Gasteiger partial charge in [0.1, 0.15) is 24.9 Å². The van der Waals surface area contributed by atoms with Crippen LogP contribution in [0.15, 0.2) is 36.9 Å². The maximum atomic E-state index is 12.3. The molecule has 2 aromatic rings. The lowest BCUT2D eigenvalue weighted by atomic mass is 9.91. The lowest BCUT2D eigenvalue weighted by molar-refractivity contribution is -0.162. The summed E-state index contributed by atoms with van der Waals surface area (Å²) in [5, 5.41) is 13.6. The molecule has 0 bridgehead atoms. The van der Waals surface area contributed by atoms with Gasteiger partial charge in [-0.1, -0.05) is 17.7 Å². The summed E-state index contributed by atoms with van der Waals surface area (Å²) in [6.45, 7) is 2.70. The number of aliphatic carboxylic acids is 1.